The maximum Gasteiger partial charge on any atom is 0.0143 e. The lowest BCUT2D eigenvalue weighted by Crippen LogP contribution is -2.31. The first-order chi connectivity index (χ1) is 13.0. The summed E-state index contributed by atoms with van der Waals surface area (Å²) in [6, 6.07) is 16.1. The lowest BCUT2D eigenvalue weighted by molar-refractivity contribution is 0.632. The van der Waals surface area contributed by atoms with Crippen molar-refractivity contribution in [2.24, 2.45) is 0 Å². The van der Waals surface area contributed by atoms with Crippen molar-refractivity contribution < 1.29 is 0 Å². The SMILES string of the molecule is C=C1/C=C\CCCc2ccc(C3=c4ccccc4=C(I)CC3)cc2C1(C)C. The number of fused-ring (bicyclic) bond motifs is 2. The van der Waals surface area contributed by atoms with Gasteiger partial charge < -0.3 is 0 Å². The molecule has 0 saturated carbocycles. The van der Waals surface area contributed by atoms with Gasteiger partial charge in [-0.3, -0.25) is 0 Å². The molecule has 4 rings (SSSR count). The Bertz CT molecular complexity index is 1050. The van der Waals surface area contributed by atoms with Crippen molar-refractivity contribution in [2.75, 3.05) is 0 Å². The second kappa shape index (κ2) is 7.43. The van der Waals surface area contributed by atoms with Crippen LogP contribution >= 0.6 is 22.6 Å². The number of rotatable bonds is 1. The number of hydrogen-bond acceptors (Lipinski definition) is 0. The standard InChI is InChI=1S/C26H27I/c1-18-9-5-4-6-10-19-13-14-20(17-24(19)26(18,2)3)21-15-16-25(27)23-12-8-7-11-22(21)23/h5,7-9,11-14,17H,1,4,6,10,15-16H2,2-3H3/b9-5-. The fourth-order valence-corrected chi connectivity index (χ4v) is 5.11. The summed E-state index contributed by atoms with van der Waals surface area (Å²) < 4.78 is 1.48. The molecule has 2 aromatic carbocycles. The van der Waals surface area contributed by atoms with Crippen LogP contribution in [0.3, 0.4) is 0 Å². The van der Waals surface area contributed by atoms with Crippen molar-refractivity contribution >= 4 is 31.7 Å². The van der Waals surface area contributed by atoms with Gasteiger partial charge in [-0.1, -0.05) is 75.0 Å². The summed E-state index contributed by atoms with van der Waals surface area (Å²) >= 11 is 2.52. The van der Waals surface area contributed by atoms with Crippen molar-refractivity contribution in [2.45, 2.75) is 51.4 Å². The molecule has 0 radical (unpaired) electrons. The van der Waals surface area contributed by atoms with Crippen LogP contribution < -0.4 is 10.4 Å². The zero-order valence-electron chi connectivity index (χ0n) is 16.3. The van der Waals surface area contributed by atoms with Crippen LogP contribution in [0.1, 0.15) is 56.2 Å². The molecule has 1 heteroatoms. The second-order valence-corrected chi connectivity index (χ2v) is 9.55. The van der Waals surface area contributed by atoms with Gasteiger partial charge in [-0.15, -0.1) is 0 Å². The summed E-state index contributed by atoms with van der Waals surface area (Å²) in [7, 11) is 0. The summed E-state index contributed by atoms with van der Waals surface area (Å²) in [5.74, 6) is 0. The Hall–Kier alpha value is -1.61. The summed E-state index contributed by atoms with van der Waals surface area (Å²) in [6.45, 7) is 9.05. The van der Waals surface area contributed by atoms with Crippen molar-refractivity contribution in [3.8, 4) is 0 Å². The molecule has 0 amide bonds. The van der Waals surface area contributed by atoms with E-state index in [4.69, 9.17) is 0 Å². The minimum Gasteiger partial charge on any atom is -0.0950 e. The fraction of sp³-hybridized carbons (Fsp3) is 0.308. The lowest BCUT2D eigenvalue weighted by atomic mass is 9.74. The highest BCUT2D eigenvalue weighted by molar-refractivity contribution is 14.1. The quantitative estimate of drug-likeness (QED) is 0.456. The Morgan fingerprint density at radius 1 is 0.963 bits per heavy atom. The van der Waals surface area contributed by atoms with Gasteiger partial charge in [0, 0.05) is 5.41 Å². The van der Waals surface area contributed by atoms with Gasteiger partial charge >= 0.3 is 0 Å². The topological polar surface area (TPSA) is 0 Å². The second-order valence-electron chi connectivity index (χ2n) is 8.25. The van der Waals surface area contributed by atoms with E-state index >= 15 is 0 Å². The molecule has 0 fully saturated rings. The van der Waals surface area contributed by atoms with E-state index < -0.39 is 0 Å². The van der Waals surface area contributed by atoms with Crippen molar-refractivity contribution in [1.82, 2.24) is 0 Å². The predicted octanol–water partition coefficient (Wildman–Crippen LogP) is 5.95. The highest BCUT2D eigenvalue weighted by atomic mass is 127. The Labute approximate surface area is 176 Å². The molecule has 0 atom stereocenters. The highest BCUT2D eigenvalue weighted by Crippen LogP contribution is 2.37. The molecule has 27 heavy (non-hydrogen) atoms. The Morgan fingerprint density at radius 2 is 1.74 bits per heavy atom. The van der Waals surface area contributed by atoms with E-state index in [0.29, 0.717) is 0 Å². The van der Waals surface area contributed by atoms with E-state index in [1.165, 1.54) is 48.3 Å². The zero-order valence-corrected chi connectivity index (χ0v) is 18.5. The van der Waals surface area contributed by atoms with Crippen molar-refractivity contribution in [1.29, 1.82) is 0 Å². The van der Waals surface area contributed by atoms with E-state index in [-0.39, 0.29) is 5.41 Å². The Morgan fingerprint density at radius 3 is 2.56 bits per heavy atom. The third kappa shape index (κ3) is 3.47. The fourth-order valence-electron chi connectivity index (χ4n) is 4.37. The van der Waals surface area contributed by atoms with Crippen LogP contribution in [0.5, 0.6) is 0 Å². The molecule has 0 heterocycles. The van der Waals surface area contributed by atoms with Crippen LogP contribution in [0, 0.1) is 0 Å². The highest BCUT2D eigenvalue weighted by Gasteiger charge is 2.27. The largest absolute Gasteiger partial charge is 0.0950 e. The molecule has 0 saturated heterocycles. The molecular formula is C26H27I. The van der Waals surface area contributed by atoms with Gasteiger partial charge in [-0.25, -0.2) is 0 Å². The zero-order chi connectivity index (χ0) is 19.0. The van der Waals surface area contributed by atoms with Gasteiger partial charge in [0.2, 0.25) is 0 Å². The molecule has 0 unspecified atom stereocenters. The minimum atomic E-state index is -0.0402. The number of benzene rings is 2. The molecule has 0 aliphatic heterocycles. The Kier molecular flexibility index (Phi) is 5.15. The molecule has 0 bridgehead atoms. The summed E-state index contributed by atoms with van der Waals surface area (Å²) in [5, 5.41) is 2.82. The first-order valence-electron chi connectivity index (χ1n) is 9.95. The van der Waals surface area contributed by atoms with E-state index in [1.807, 2.05) is 0 Å². The lowest BCUT2D eigenvalue weighted by Gasteiger charge is -2.29. The minimum absolute atomic E-state index is 0.0402. The Balaban J connectivity index is 1.95. The molecule has 0 N–H and O–H groups in total. The summed E-state index contributed by atoms with van der Waals surface area (Å²) in [6.07, 6.45) is 10.3. The van der Waals surface area contributed by atoms with Crippen molar-refractivity contribution in [3.05, 3.63) is 93.9 Å². The van der Waals surface area contributed by atoms with Crippen LogP contribution in [-0.4, -0.2) is 0 Å². The van der Waals surface area contributed by atoms with Crippen LogP contribution in [-0.2, 0) is 11.8 Å². The van der Waals surface area contributed by atoms with Crippen LogP contribution in [0.15, 0.2) is 66.8 Å². The molecule has 0 nitrogen and oxygen atoms in total. The van der Waals surface area contributed by atoms with Gasteiger partial charge in [0.05, 0.1) is 0 Å². The smallest absolute Gasteiger partial charge is 0.0143 e. The average molecular weight is 466 g/mol. The maximum atomic E-state index is 4.40. The van der Waals surface area contributed by atoms with Crippen LogP contribution in [0.2, 0.25) is 0 Å². The van der Waals surface area contributed by atoms with Gasteiger partial charge in [0.1, 0.15) is 0 Å². The van der Waals surface area contributed by atoms with Gasteiger partial charge in [0.15, 0.2) is 0 Å². The third-order valence-corrected chi connectivity index (χ3v) is 7.33. The summed E-state index contributed by atoms with van der Waals surface area (Å²) in [5.41, 5.74) is 6.98. The molecule has 0 spiro atoms. The molecule has 2 aromatic rings. The average Bonchev–Trinajstić information content (AvgIpc) is 2.72. The van der Waals surface area contributed by atoms with Crippen molar-refractivity contribution in [3.63, 3.8) is 0 Å². The number of hydrogen-bond donors (Lipinski definition) is 0. The van der Waals surface area contributed by atoms with Gasteiger partial charge in [-0.05, 0) is 96.5 Å². The molecule has 0 aromatic heterocycles. The number of allylic oxidation sites excluding steroid dienone is 3. The number of halogens is 1. The summed E-state index contributed by atoms with van der Waals surface area (Å²) in [4.78, 5) is 0. The van der Waals surface area contributed by atoms with Crippen LogP contribution in [0.4, 0.5) is 0 Å². The van der Waals surface area contributed by atoms with Crippen LogP contribution in [0.25, 0.3) is 9.15 Å². The molecule has 2 aliphatic carbocycles. The first-order valence-corrected chi connectivity index (χ1v) is 11.0. The van der Waals surface area contributed by atoms with E-state index in [9.17, 15) is 0 Å². The first kappa shape index (κ1) is 18.7. The van der Waals surface area contributed by atoms with E-state index in [2.05, 4.69) is 97.6 Å². The predicted molar refractivity (Wildman–Crippen MR) is 126 cm³/mol. The molecule has 2 aliphatic rings. The van der Waals surface area contributed by atoms with Gasteiger partial charge in [-0.2, -0.15) is 0 Å². The van der Waals surface area contributed by atoms with E-state index in [1.54, 1.807) is 0 Å². The number of aryl methyl sites for hydroxylation is 1. The maximum absolute atomic E-state index is 4.40. The normalized spacial score (nSPS) is 20.2. The molecule has 138 valence electrons. The third-order valence-electron chi connectivity index (χ3n) is 6.21. The monoisotopic (exact) mass is 466 g/mol. The van der Waals surface area contributed by atoms with E-state index in [0.717, 1.165) is 25.7 Å². The molecular weight excluding hydrogens is 439 g/mol. The van der Waals surface area contributed by atoms with Gasteiger partial charge in [0.25, 0.3) is 0 Å².